The van der Waals surface area contributed by atoms with Crippen LogP contribution in [0.15, 0.2) is 83.8 Å². The van der Waals surface area contributed by atoms with Crippen LogP contribution < -0.4 is 9.62 Å². The van der Waals surface area contributed by atoms with Gasteiger partial charge < -0.3 is 10.2 Å². The minimum atomic E-state index is -4.38. The standard InChI is InChI=1S/C28H31F2N3O4S/c1-3-4-18-31-28(35)21(2)32(19-22-12-8-9-15-24(22)29)27(34)20-33(26-17-11-10-16-25(26)30)38(36,37)23-13-6-5-7-14-23/h5-17,21H,3-4,18-20H2,1-2H3,(H,31,35). The second-order valence-electron chi connectivity index (χ2n) is 8.71. The van der Waals surface area contributed by atoms with Gasteiger partial charge in [0.25, 0.3) is 10.0 Å². The van der Waals surface area contributed by atoms with Crippen LogP contribution in [0.3, 0.4) is 0 Å². The fourth-order valence-corrected chi connectivity index (χ4v) is 5.26. The average Bonchev–Trinajstić information content (AvgIpc) is 2.91. The third kappa shape index (κ3) is 6.95. The molecular formula is C28H31F2N3O4S. The van der Waals surface area contributed by atoms with Gasteiger partial charge >= 0.3 is 0 Å². The highest BCUT2D eigenvalue weighted by Crippen LogP contribution is 2.27. The van der Waals surface area contributed by atoms with Crippen molar-refractivity contribution in [2.75, 3.05) is 17.4 Å². The van der Waals surface area contributed by atoms with Crippen molar-refractivity contribution in [2.45, 2.75) is 44.2 Å². The highest BCUT2D eigenvalue weighted by atomic mass is 32.2. The summed E-state index contributed by atoms with van der Waals surface area (Å²) >= 11 is 0. The lowest BCUT2D eigenvalue weighted by Gasteiger charge is -2.32. The maximum Gasteiger partial charge on any atom is 0.264 e. The van der Waals surface area contributed by atoms with E-state index in [0.717, 1.165) is 23.8 Å². The van der Waals surface area contributed by atoms with Gasteiger partial charge in [0.15, 0.2) is 0 Å². The van der Waals surface area contributed by atoms with E-state index < -0.39 is 46.1 Å². The number of sulfonamides is 1. The molecule has 0 aliphatic carbocycles. The number of unbranched alkanes of at least 4 members (excludes halogenated alkanes) is 1. The molecule has 1 unspecified atom stereocenters. The molecule has 38 heavy (non-hydrogen) atoms. The first-order chi connectivity index (χ1) is 18.2. The number of benzene rings is 3. The minimum absolute atomic E-state index is 0.137. The smallest absolute Gasteiger partial charge is 0.264 e. The topological polar surface area (TPSA) is 86.8 Å². The van der Waals surface area contributed by atoms with E-state index in [-0.39, 0.29) is 22.7 Å². The van der Waals surface area contributed by atoms with Crippen LogP contribution >= 0.6 is 0 Å². The second-order valence-corrected chi connectivity index (χ2v) is 10.6. The van der Waals surface area contributed by atoms with Crippen molar-refractivity contribution in [3.05, 3.63) is 96.1 Å². The van der Waals surface area contributed by atoms with Crippen LogP contribution in [-0.2, 0) is 26.2 Å². The number of hydrogen-bond donors (Lipinski definition) is 1. The summed E-state index contributed by atoms with van der Waals surface area (Å²) in [7, 11) is -4.38. The lowest BCUT2D eigenvalue weighted by atomic mass is 10.1. The van der Waals surface area contributed by atoms with E-state index in [4.69, 9.17) is 0 Å². The number of carbonyl (C=O) groups excluding carboxylic acids is 2. The minimum Gasteiger partial charge on any atom is -0.354 e. The Morgan fingerprint density at radius 1 is 0.895 bits per heavy atom. The van der Waals surface area contributed by atoms with Gasteiger partial charge in [0, 0.05) is 18.7 Å². The van der Waals surface area contributed by atoms with E-state index in [1.807, 2.05) is 6.92 Å². The molecule has 0 aliphatic rings. The molecule has 0 fully saturated rings. The highest BCUT2D eigenvalue weighted by Gasteiger charge is 2.33. The lowest BCUT2D eigenvalue weighted by molar-refractivity contribution is -0.139. The molecular weight excluding hydrogens is 512 g/mol. The van der Waals surface area contributed by atoms with Gasteiger partial charge in [0.1, 0.15) is 24.2 Å². The number of anilines is 1. The molecule has 0 bridgehead atoms. The molecule has 0 radical (unpaired) electrons. The fourth-order valence-electron chi connectivity index (χ4n) is 3.82. The van der Waals surface area contributed by atoms with Gasteiger partial charge in [-0.25, -0.2) is 17.2 Å². The summed E-state index contributed by atoms with van der Waals surface area (Å²) in [6.07, 6.45) is 1.58. The van der Waals surface area contributed by atoms with Crippen molar-refractivity contribution < 1.29 is 26.8 Å². The summed E-state index contributed by atoms with van der Waals surface area (Å²) in [4.78, 5) is 27.5. The van der Waals surface area contributed by atoms with Gasteiger partial charge in [-0.05, 0) is 43.7 Å². The Hall–Kier alpha value is -3.79. The molecule has 1 N–H and O–H groups in total. The number of nitrogens with one attached hydrogen (secondary N) is 1. The van der Waals surface area contributed by atoms with Crippen molar-refractivity contribution in [3.63, 3.8) is 0 Å². The van der Waals surface area contributed by atoms with Crippen LogP contribution in [0.5, 0.6) is 0 Å². The maximum absolute atomic E-state index is 14.9. The first kappa shape index (κ1) is 28.8. The number of para-hydroxylation sites is 1. The van der Waals surface area contributed by atoms with Crippen LogP contribution in [0, 0.1) is 11.6 Å². The maximum atomic E-state index is 14.9. The molecule has 2 amide bonds. The van der Waals surface area contributed by atoms with Gasteiger partial charge in [0.05, 0.1) is 10.6 Å². The Kier molecular flexibility index (Phi) is 9.95. The molecule has 202 valence electrons. The van der Waals surface area contributed by atoms with E-state index in [9.17, 15) is 26.8 Å². The van der Waals surface area contributed by atoms with Gasteiger partial charge in [-0.3, -0.25) is 13.9 Å². The molecule has 0 saturated carbocycles. The molecule has 1 atom stereocenters. The number of rotatable bonds is 12. The number of carbonyl (C=O) groups is 2. The molecule has 10 heteroatoms. The molecule has 3 rings (SSSR count). The molecule has 0 spiro atoms. The van der Waals surface area contributed by atoms with E-state index in [2.05, 4.69) is 5.32 Å². The first-order valence-electron chi connectivity index (χ1n) is 12.3. The zero-order valence-electron chi connectivity index (χ0n) is 21.3. The Morgan fingerprint density at radius 2 is 1.50 bits per heavy atom. The van der Waals surface area contributed by atoms with Crippen LogP contribution in [-0.4, -0.2) is 44.3 Å². The Morgan fingerprint density at radius 3 is 2.13 bits per heavy atom. The zero-order chi connectivity index (χ0) is 27.7. The number of nitrogens with zero attached hydrogens (tertiary/aromatic N) is 2. The summed E-state index contributed by atoms with van der Waals surface area (Å²) in [5, 5.41) is 2.75. The highest BCUT2D eigenvalue weighted by molar-refractivity contribution is 7.92. The monoisotopic (exact) mass is 543 g/mol. The molecule has 0 aromatic heterocycles. The second kappa shape index (κ2) is 13.1. The van der Waals surface area contributed by atoms with Gasteiger partial charge in [-0.1, -0.05) is 61.9 Å². The summed E-state index contributed by atoms with van der Waals surface area (Å²) in [5.41, 5.74) is -0.173. The van der Waals surface area contributed by atoms with Crippen molar-refractivity contribution in [3.8, 4) is 0 Å². The quantitative estimate of drug-likeness (QED) is 0.341. The van der Waals surface area contributed by atoms with Crippen molar-refractivity contribution in [1.29, 1.82) is 0 Å². The molecule has 3 aromatic rings. The third-order valence-electron chi connectivity index (χ3n) is 6.03. The van der Waals surface area contributed by atoms with Crippen molar-refractivity contribution in [2.24, 2.45) is 0 Å². The zero-order valence-corrected chi connectivity index (χ0v) is 22.1. The largest absolute Gasteiger partial charge is 0.354 e. The van der Waals surface area contributed by atoms with Crippen LogP contribution in [0.25, 0.3) is 0 Å². The van der Waals surface area contributed by atoms with Crippen molar-refractivity contribution >= 4 is 27.5 Å². The van der Waals surface area contributed by atoms with Gasteiger partial charge in [-0.15, -0.1) is 0 Å². The number of hydrogen-bond acceptors (Lipinski definition) is 4. The molecule has 0 saturated heterocycles. The lowest BCUT2D eigenvalue weighted by Crippen LogP contribution is -2.51. The average molecular weight is 544 g/mol. The van der Waals surface area contributed by atoms with Crippen LogP contribution in [0.2, 0.25) is 0 Å². The summed E-state index contributed by atoms with van der Waals surface area (Å²) in [6, 6.07) is 17.3. The summed E-state index contributed by atoms with van der Waals surface area (Å²) in [6.45, 7) is 2.75. The third-order valence-corrected chi connectivity index (χ3v) is 7.80. The van der Waals surface area contributed by atoms with E-state index >= 15 is 0 Å². The van der Waals surface area contributed by atoms with E-state index in [1.165, 1.54) is 67.6 Å². The molecule has 3 aromatic carbocycles. The summed E-state index contributed by atoms with van der Waals surface area (Å²) in [5.74, 6) is -2.68. The first-order valence-corrected chi connectivity index (χ1v) is 13.7. The Labute approximate surface area is 222 Å². The van der Waals surface area contributed by atoms with Crippen LogP contribution in [0.4, 0.5) is 14.5 Å². The Bertz CT molecular complexity index is 1350. The molecule has 7 nitrogen and oxygen atoms in total. The predicted octanol–water partition coefficient (Wildman–Crippen LogP) is 4.49. The SMILES string of the molecule is CCCCNC(=O)C(C)N(Cc1ccccc1F)C(=O)CN(c1ccccc1F)S(=O)(=O)c1ccccc1. The van der Waals surface area contributed by atoms with E-state index in [0.29, 0.717) is 10.8 Å². The molecule has 0 heterocycles. The van der Waals surface area contributed by atoms with Gasteiger partial charge in [0.2, 0.25) is 11.8 Å². The Balaban J connectivity index is 2.01. The van der Waals surface area contributed by atoms with Crippen LogP contribution in [0.1, 0.15) is 32.3 Å². The number of halogens is 2. The molecule has 0 aliphatic heterocycles. The van der Waals surface area contributed by atoms with E-state index in [1.54, 1.807) is 12.1 Å². The predicted molar refractivity (Wildman–Crippen MR) is 142 cm³/mol. The fraction of sp³-hybridized carbons (Fsp3) is 0.286. The van der Waals surface area contributed by atoms with Gasteiger partial charge in [-0.2, -0.15) is 0 Å². The van der Waals surface area contributed by atoms with Crippen molar-refractivity contribution in [1.82, 2.24) is 10.2 Å². The normalized spacial score (nSPS) is 12.0. The summed E-state index contributed by atoms with van der Waals surface area (Å²) < 4.78 is 57.2. The number of amides is 2.